The molecule has 2 heteroatoms. The molecule has 0 spiro atoms. The number of nitrogens with zero attached hydrogens (tertiary/aromatic N) is 1. The maximum absolute atomic E-state index is 11.5. The zero-order valence-corrected chi connectivity index (χ0v) is 9.63. The zero-order chi connectivity index (χ0) is 10.4. The standard InChI is InChI=1S/C11H23NO/c1-9(2)6-7-12(5)11(13)8-10(3)4/h9-10H,6-8H2,1-5H3. The number of hydrogen-bond donors (Lipinski definition) is 0. The maximum atomic E-state index is 11.5. The molecular formula is C11H23NO. The second-order valence-corrected chi connectivity index (χ2v) is 4.60. The van der Waals surface area contributed by atoms with E-state index >= 15 is 0 Å². The number of amides is 1. The van der Waals surface area contributed by atoms with Crippen LogP contribution in [0.5, 0.6) is 0 Å². The summed E-state index contributed by atoms with van der Waals surface area (Å²) in [6, 6.07) is 0. The third kappa shape index (κ3) is 6.62. The molecule has 0 atom stereocenters. The Bertz CT molecular complexity index is 152. The average molecular weight is 185 g/mol. The summed E-state index contributed by atoms with van der Waals surface area (Å²) in [6.07, 6.45) is 1.77. The summed E-state index contributed by atoms with van der Waals surface area (Å²) in [5.41, 5.74) is 0. The van der Waals surface area contributed by atoms with Gasteiger partial charge in [-0.2, -0.15) is 0 Å². The highest BCUT2D eigenvalue weighted by Crippen LogP contribution is 2.05. The van der Waals surface area contributed by atoms with Gasteiger partial charge in [0.15, 0.2) is 0 Å². The molecule has 0 N–H and O–H groups in total. The van der Waals surface area contributed by atoms with Gasteiger partial charge in [0.1, 0.15) is 0 Å². The molecule has 0 aromatic rings. The topological polar surface area (TPSA) is 20.3 Å². The first-order valence-corrected chi connectivity index (χ1v) is 5.17. The van der Waals surface area contributed by atoms with Gasteiger partial charge in [-0.25, -0.2) is 0 Å². The number of carbonyl (C=O) groups is 1. The predicted molar refractivity (Wildman–Crippen MR) is 56.5 cm³/mol. The Labute approximate surface area is 82.3 Å². The Hall–Kier alpha value is -0.530. The number of rotatable bonds is 5. The lowest BCUT2D eigenvalue weighted by atomic mass is 10.1. The number of carbonyl (C=O) groups excluding carboxylic acids is 1. The van der Waals surface area contributed by atoms with Gasteiger partial charge in [-0.05, 0) is 18.3 Å². The highest BCUT2D eigenvalue weighted by Gasteiger charge is 2.10. The molecule has 0 aromatic heterocycles. The molecule has 0 rings (SSSR count). The van der Waals surface area contributed by atoms with Crippen molar-refractivity contribution in [2.75, 3.05) is 13.6 Å². The van der Waals surface area contributed by atoms with Crippen molar-refractivity contribution in [1.82, 2.24) is 4.90 Å². The summed E-state index contributed by atoms with van der Waals surface area (Å²) in [6.45, 7) is 9.41. The van der Waals surface area contributed by atoms with Gasteiger partial charge in [0.25, 0.3) is 0 Å². The van der Waals surface area contributed by atoms with E-state index in [1.807, 2.05) is 11.9 Å². The van der Waals surface area contributed by atoms with Gasteiger partial charge < -0.3 is 4.90 Å². The molecule has 0 radical (unpaired) electrons. The molecular weight excluding hydrogens is 162 g/mol. The fourth-order valence-corrected chi connectivity index (χ4v) is 1.08. The zero-order valence-electron chi connectivity index (χ0n) is 9.63. The summed E-state index contributed by atoms with van der Waals surface area (Å²) in [5, 5.41) is 0. The van der Waals surface area contributed by atoms with Crippen LogP contribution in [0.15, 0.2) is 0 Å². The van der Waals surface area contributed by atoms with Crippen molar-refractivity contribution < 1.29 is 4.79 Å². The molecule has 0 aliphatic rings. The van der Waals surface area contributed by atoms with Crippen LogP contribution in [0, 0.1) is 11.8 Å². The molecule has 2 nitrogen and oxygen atoms in total. The Morgan fingerprint density at radius 1 is 1.15 bits per heavy atom. The fourth-order valence-electron chi connectivity index (χ4n) is 1.08. The molecule has 0 bridgehead atoms. The van der Waals surface area contributed by atoms with Crippen molar-refractivity contribution >= 4 is 5.91 Å². The Morgan fingerprint density at radius 2 is 1.69 bits per heavy atom. The highest BCUT2D eigenvalue weighted by atomic mass is 16.2. The van der Waals surface area contributed by atoms with Crippen LogP contribution in [0.2, 0.25) is 0 Å². The van der Waals surface area contributed by atoms with E-state index in [2.05, 4.69) is 27.7 Å². The van der Waals surface area contributed by atoms with E-state index in [-0.39, 0.29) is 5.91 Å². The monoisotopic (exact) mass is 185 g/mol. The Balaban J connectivity index is 3.69. The van der Waals surface area contributed by atoms with Crippen LogP contribution in [0.3, 0.4) is 0 Å². The van der Waals surface area contributed by atoms with E-state index in [0.29, 0.717) is 18.3 Å². The average Bonchev–Trinajstić information content (AvgIpc) is 1.98. The van der Waals surface area contributed by atoms with Crippen LogP contribution in [0.25, 0.3) is 0 Å². The van der Waals surface area contributed by atoms with Crippen LogP contribution in [0.4, 0.5) is 0 Å². The minimum Gasteiger partial charge on any atom is -0.346 e. The SMILES string of the molecule is CC(C)CCN(C)C(=O)CC(C)C. The van der Waals surface area contributed by atoms with E-state index in [1.165, 1.54) is 0 Å². The first-order valence-electron chi connectivity index (χ1n) is 5.17. The summed E-state index contributed by atoms with van der Waals surface area (Å²) < 4.78 is 0. The van der Waals surface area contributed by atoms with Crippen molar-refractivity contribution in [1.29, 1.82) is 0 Å². The molecule has 0 heterocycles. The van der Waals surface area contributed by atoms with Gasteiger partial charge in [0.05, 0.1) is 0 Å². The lowest BCUT2D eigenvalue weighted by Crippen LogP contribution is -2.29. The van der Waals surface area contributed by atoms with Gasteiger partial charge in [0, 0.05) is 20.0 Å². The third-order valence-corrected chi connectivity index (χ3v) is 2.05. The Morgan fingerprint density at radius 3 is 2.08 bits per heavy atom. The maximum Gasteiger partial charge on any atom is 0.222 e. The van der Waals surface area contributed by atoms with Crippen molar-refractivity contribution in [3.05, 3.63) is 0 Å². The van der Waals surface area contributed by atoms with Gasteiger partial charge in [-0.3, -0.25) is 4.79 Å². The summed E-state index contributed by atoms with van der Waals surface area (Å²) in [5.74, 6) is 1.42. The van der Waals surface area contributed by atoms with Gasteiger partial charge in [0.2, 0.25) is 5.91 Å². The largest absolute Gasteiger partial charge is 0.346 e. The van der Waals surface area contributed by atoms with Gasteiger partial charge >= 0.3 is 0 Å². The van der Waals surface area contributed by atoms with E-state index < -0.39 is 0 Å². The summed E-state index contributed by atoms with van der Waals surface area (Å²) in [7, 11) is 1.90. The summed E-state index contributed by atoms with van der Waals surface area (Å²) >= 11 is 0. The van der Waals surface area contributed by atoms with Crippen LogP contribution in [0.1, 0.15) is 40.5 Å². The summed E-state index contributed by atoms with van der Waals surface area (Å²) in [4.78, 5) is 13.3. The Kier molecular flexibility index (Phi) is 5.76. The van der Waals surface area contributed by atoms with Crippen molar-refractivity contribution in [3.63, 3.8) is 0 Å². The predicted octanol–water partition coefficient (Wildman–Crippen LogP) is 2.54. The van der Waals surface area contributed by atoms with Crippen molar-refractivity contribution in [2.24, 2.45) is 11.8 Å². The van der Waals surface area contributed by atoms with Crippen molar-refractivity contribution in [2.45, 2.75) is 40.5 Å². The quantitative estimate of drug-likeness (QED) is 0.644. The highest BCUT2D eigenvalue weighted by molar-refractivity contribution is 5.75. The minimum absolute atomic E-state index is 0.274. The second kappa shape index (κ2) is 6.01. The first-order chi connectivity index (χ1) is 5.93. The van der Waals surface area contributed by atoms with E-state index in [4.69, 9.17) is 0 Å². The smallest absolute Gasteiger partial charge is 0.222 e. The molecule has 1 amide bonds. The van der Waals surface area contributed by atoms with Crippen molar-refractivity contribution in [3.8, 4) is 0 Å². The molecule has 0 aliphatic heterocycles. The normalized spacial score (nSPS) is 11.0. The van der Waals surface area contributed by atoms with E-state index in [0.717, 1.165) is 13.0 Å². The third-order valence-electron chi connectivity index (χ3n) is 2.05. The molecule has 78 valence electrons. The molecule has 0 unspecified atom stereocenters. The molecule has 0 aliphatic carbocycles. The first kappa shape index (κ1) is 12.5. The van der Waals surface area contributed by atoms with Crippen LogP contribution >= 0.6 is 0 Å². The molecule has 13 heavy (non-hydrogen) atoms. The van der Waals surface area contributed by atoms with E-state index in [1.54, 1.807) is 0 Å². The number of hydrogen-bond acceptors (Lipinski definition) is 1. The molecule has 0 aromatic carbocycles. The minimum atomic E-state index is 0.274. The fraction of sp³-hybridized carbons (Fsp3) is 0.909. The van der Waals surface area contributed by atoms with E-state index in [9.17, 15) is 4.79 Å². The second-order valence-electron chi connectivity index (χ2n) is 4.60. The van der Waals surface area contributed by atoms with Crippen LogP contribution in [-0.4, -0.2) is 24.4 Å². The molecule has 0 saturated heterocycles. The lowest BCUT2D eigenvalue weighted by Gasteiger charge is -2.19. The lowest BCUT2D eigenvalue weighted by molar-refractivity contribution is -0.130. The van der Waals surface area contributed by atoms with Crippen LogP contribution < -0.4 is 0 Å². The van der Waals surface area contributed by atoms with Crippen LogP contribution in [-0.2, 0) is 4.79 Å². The molecule has 0 fully saturated rings. The van der Waals surface area contributed by atoms with Gasteiger partial charge in [-0.1, -0.05) is 27.7 Å². The molecule has 0 saturated carbocycles. The van der Waals surface area contributed by atoms with Gasteiger partial charge in [-0.15, -0.1) is 0 Å².